The van der Waals surface area contributed by atoms with Crippen LogP contribution in [-0.4, -0.2) is 5.11 Å². The molecule has 2 rings (SSSR count). The molecule has 104 valence electrons. The second-order valence-electron chi connectivity index (χ2n) is 4.05. The maximum Gasteiger partial charge on any atom is 0.171 e. The average molecular weight is 329 g/mol. The van der Waals surface area contributed by atoms with Crippen molar-refractivity contribution in [2.45, 2.75) is 6.54 Å². The third kappa shape index (κ3) is 4.34. The van der Waals surface area contributed by atoms with Crippen LogP contribution in [0.4, 0.5) is 10.1 Å². The van der Waals surface area contributed by atoms with Crippen LogP contribution in [0.3, 0.4) is 0 Å². The van der Waals surface area contributed by atoms with E-state index in [0.29, 0.717) is 21.7 Å². The zero-order valence-electron chi connectivity index (χ0n) is 10.3. The second kappa shape index (κ2) is 6.88. The summed E-state index contributed by atoms with van der Waals surface area (Å²) in [5, 5.41) is 7.43. The van der Waals surface area contributed by atoms with E-state index in [1.165, 1.54) is 12.1 Å². The van der Waals surface area contributed by atoms with Crippen LogP contribution in [0.25, 0.3) is 0 Å². The molecule has 0 spiro atoms. The molecule has 0 saturated carbocycles. The van der Waals surface area contributed by atoms with Crippen molar-refractivity contribution >= 4 is 46.2 Å². The van der Waals surface area contributed by atoms with Gasteiger partial charge < -0.3 is 10.6 Å². The minimum atomic E-state index is -0.363. The number of nitrogens with one attached hydrogen (secondary N) is 2. The summed E-state index contributed by atoms with van der Waals surface area (Å²) in [6.45, 7) is 0.408. The number of hydrogen-bond donors (Lipinski definition) is 2. The van der Waals surface area contributed by atoms with Crippen molar-refractivity contribution < 1.29 is 4.39 Å². The van der Waals surface area contributed by atoms with E-state index in [9.17, 15) is 4.39 Å². The topological polar surface area (TPSA) is 24.1 Å². The van der Waals surface area contributed by atoms with Crippen LogP contribution in [0.1, 0.15) is 5.56 Å². The summed E-state index contributed by atoms with van der Waals surface area (Å²) in [6, 6.07) is 11.5. The Morgan fingerprint density at radius 2 is 1.95 bits per heavy atom. The Bertz CT molecular complexity index is 634. The molecule has 0 fully saturated rings. The smallest absolute Gasteiger partial charge is 0.171 e. The molecule has 0 atom stereocenters. The molecule has 0 aliphatic heterocycles. The Morgan fingerprint density at radius 1 is 1.15 bits per heavy atom. The number of rotatable bonds is 3. The summed E-state index contributed by atoms with van der Waals surface area (Å²) in [7, 11) is 0. The van der Waals surface area contributed by atoms with Crippen LogP contribution >= 0.6 is 35.4 Å². The number of halogens is 3. The van der Waals surface area contributed by atoms with Gasteiger partial charge in [-0.05, 0) is 48.1 Å². The lowest BCUT2D eigenvalue weighted by molar-refractivity contribution is 0.627. The molecule has 0 aliphatic rings. The first kappa shape index (κ1) is 15.0. The maximum absolute atomic E-state index is 12.9. The standard InChI is InChI=1S/C14H11Cl2FN2S/c15-10-2-1-3-12(6-10)19-14(20)18-8-9-4-5-11(17)7-13(9)16/h1-7H,8H2,(H2,18,19,20). The van der Waals surface area contributed by atoms with E-state index in [1.54, 1.807) is 18.2 Å². The first-order valence-corrected chi connectivity index (χ1v) is 6.95. The van der Waals surface area contributed by atoms with Crippen molar-refractivity contribution in [2.75, 3.05) is 5.32 Å². The van der Waals surface area contributed by atoms with Crippen LogP contribution in [0.2, 0.25) is 10.0 Å². The first-order valence-electron chi connectivity index (χ1n) is 5.79. The molecule has 2 nitrogen and oxygen atoms in total. The van der Waals surface area contributed by atoms with Crippen molar-refractivity contribution in [1.82, 2.24) is 5.32 Å². The summed E-state index contributed by atoms with van der Waals surface area (Å²) in [4.78, 5) is 0. The summed E-state index contributed by atoms with van der Waals surface area (Å²) in [5.74, 6) is -0.363. The van der Waals surface area contributed by atoms with Crippen molar-refractivity contribution in [2.24, 2.45) is 0 Å². The van der Waals surface area contributed by atoms with E-state index in [4.69, 9.17) is 35.4 Å². The highest BCUT2D eigenvalue weighted by atomic mass is 35.5. The predicted octanol–water partition coefficient (Wildman–Crippen LogP) is 4.62. The maximum atomic E-state index is 12.9. The van der Waals surface area contributed by atoms with Crippen molar-refractivity contribution in [1.29, 1.82) is 0 Å². The van der Waals surface area contributed by atoms with Crippen molar-refractivity contribution in [3.8, 4) is 0 Å². The minimum Gasteiger partial charge on any atom is -0.358 e. The molecule has 0 amide bonds. The third-order valence-electron chi connectivity index (χ3n) is 2.54. The largest absolute Gasteiger partial charge is 0.358 e. The highest BCUT2D eigenvalue weighted by molar-refractivity contribution is 7.80. The fraction of sp³-hybridized carbons (Fsp3) is 0.0714. The molecule has 0 saturated heterocycles. The number of benzene rings is 2. The molecular weight excluding hydrogens is 318 g/mol. The lowest BCUT2D eigenvalue weighted by Crippen LogP contribution is -2.27. The lowest BCUT2D eigenvalue weighted by atomic mass is 10.2. The number of thiocarbonyl (C=S) groups is 1. The van der Waals surface area contributed by atoms with Gasteiger partial charge in [-0.2, -0.15) is 0 Å². The number of hydrogen-bond acceptors (Lipinski definition) is 1. The quantitative estimate of drug-likeness (QED) is 0.804. The normalized spacial score (nSPS) is 10.2. The molecule has 6 heteroatoms. The van der Waals surface area contributed by atoms with Crippen LogP contribution in [-0.2, 0) is 6.54 Å². The van der Waals surface area contributed by atoms with E-state index in [-0.39, 0.29) is 5.82 Å². The minimum absolute atomic E-state index is 0.363. The predicted molar refractivity (Wildman–Crippen MR) is 85.9 cm³/mol. The molecule has 0 aliphatic carbocycles. The van der Waals surface area contributed by atoms with Crippen LogP contribution in [0.15, 0.2) is 42.5 Å². The van der Waals surface area contributed by atoms with Gasteiger partial charge in [0.15, 0.2) is 5.11 Å². The Hall–Kier alpha value is -1.36. The summed E-state index contributed by atoms with van der Waals surface area (Å²) >= 11 is 17.0. The fourth-order valence-electron chi connectivity index (χ4n) is 1.58. The lowest BCUT2D eigenvalue weighted by Gasteiger charge is -2.11. The zero-order valence-corrected chi connectivity index (χ0v) is 12.6. The molecule has 0 bridgehead atoms. The molecule has 2 N–H and O–H groups in total. The molecule has 20 heavy (non-hydrogen) atoms. The van der Waals surface area contributed by atoms with E-state index < -0.39 is 0 Å². The van der Waals surface area contributed by atoms with E-state index in [0.717, 1.165) is 11.3 Å². The Balaban J connectivity index is 1.92. The fourth-order valence-corrected chi connectivity index (χ4v) is 2.20. The molecule has 0 heterocycles. The van der Waals surface area contributed by atoms with Gasteiger partial charge in [-0.3, -0.25) is 0 Å². The highest BCUT2D eigenvalue weighted by Crippen LogP contribution is 2.17. The Kier molecular flexibility index (Phi) is 5.17. The molecule has 0 radical (unpaired) electrons. The van der Waals surface area contributed by atoms with Gasteiger partial charge in [-0.25, -0.2) is 4.39 Å². The SMILES string of the molecule is Fc1ccc(CNC(=S)Nc2cccc(Cl)c2)c(Cl)c1. The van der Waals surface area contributed by atoms with Crippen molar-refractivity contribution in [3.05, 3.63) is 63.9 Å². The van der Waals surface area contributed by atoms with Gasteiger partial charge in [-0.15, -0.1) is 0 Å². The second-order valence-corrected chi connectivity index (χ2v) is 5.31. The van der Waals surface area contributed by atoms with Gasteiger partial charge in [0.1, 0.15) is 5.82 Å². The van der Waals surface area contributed by atoms with E-state index in [2.05, 4.69) is 10.6 Å². The molecule has 2 aromatic carbocycles. The Morgan fingerprint density at radius 3 is 2.65 bits per heavy atom. The van der Waals surface area contributed by atoms with E-state index >= 15 is 0 Å². The summed E-state index contributed by atoms with van der Waals surface area (Å²) in [6.07, 6.45) is 0. The monoisotopic (exact) mass is 328 g/mol. The van der Waals surface area contributed by atoms with Crippen molar-refractivity contribution in [3.63, 3.8) is 0 Å². The van der Waals surface area contributed by atoms with Gasteiger partial charge in [-0.1, -0.05) is 35.3 Å². The number of anilines is 1. The first-order chi connectivity index (χ1) is 9.54. The third-order valence-corrected chi connectivity index (χ3v) is 3.37. The van der Waals surface area contributed by atoms with Gasteiger partial charge in [0.25, 0.3) is 0 Å². The molecule has 0 aromatic heterocycles. The van der Waals surface area contributed by atoms with Gasteiger partial charge in [0.2, 0.25) is 0 Å². The van der Waals surface area contributed by atoms with Gasteiger partial charge >= 0.3 is 0 Å². The van der Waals surface area contributed by atoms with Gasteiger partial charge in [0, 0.05) is 22.3 Å². The highest BCUT2D eigenvalue weighted by Gasteiger charge is 2.03. The summed E-state index contributed by atoms with van der Waals surface area (Å²) in [5.41, 5.74) is 1.56. The van der Waals surface area contributed by atoms with Crippen LogP contribution in [0.5, 0.6) is 0 Å². The van der Waals surface area contributed by atoms with Gasteiger partial charge in [0.05, 0.1) is 0 Å². The summed E-state index contributed by atoms with van der Waals surface area (Å²) < 4.78 is 12.9. The van der Waals surface area contributed by atoms with Crippen LogP contribution in [0, 0.1) is 5.82 Å². The van der Waals surface area contributed by atoms with E-state index in [1.807, 2.05) is 12.1 Å². The molecular formula is C14H11Cl2FN2S. The molecule has 0 unspecified atom stereocenters. The molecule has 2 aromatic rings. The zero-order chi connectivity index (χ0) is 14.5. The Labute approximate surface area is 131 Å². The average Bonchev–Trinajstić information content (AvgIpc) is 2.37. The van der Waals surface area contributed by atoms with Crippen LogP contribution < -0.4 is 10.6 Å².